The molecule has 2 aromatic heterocycles. The number of hydrogen-bond acceptors (Lipinski definition) is 3. The second-order valence-electron chi connectivity index (χ2n) is 14.8. The summed E-state index contributed by atoms with van der Waals surface area (Å²) >= 11 is 1.87. The summed E-state index contributed by atoms with van der Waals surface area (Å²) in [6.07, 6.45) is 0. The zero-order valence-electron chi connectivity index (χ0n) is 30.8. The Morgan fingerprint density at radius 3 is 1.86 bits per heavy atom. The highest BCUT2D eigenvalue weighted by Gasteiger charge is 2.23. The van der Waals surface area contributed by atoms with Gasteiger partial charge in [-0.05, 0) is 97.5 Å². The normalized spacial score (nSPS) is 11.9. The molecule has 10 aromatic carbocycles. The van der Waals surface area contributed by atoms with Crippen LogP contribution >= 0.6 is 11.3 Å². The molecule has 0 fully saturated rings. The van der Waals surface area contributed by atoms with Gasteiger partial charge in [-0.2, -0.15) is 0 Å². The molecule has 12 rings (SSSR count). The second kappa shape index (κ2) is 12.7. The molecule has 0 bridgehead atoms. The summed E-state index contributed by atoms with van der Waals surface area (Å²) in [4.78, 5) is 2.42. The Morgan fingerprint density at radius 2 is 1.00 bits per heavy atom. The smallest absolute Gasteiger partial charge is 0.145 e. The van der Waals surface area contributed by atoms with Gasteiger partial charge in [0.15, 0.2) is 0 Å². The van der Waals surface area contributed by atoms with Crippen molar-refractivity contribution in [1.29, 1.82) is 0 Å². The Kier molecular flexibility index (Phi) is 7.13. The third-order valence-corrected chi connectivity index (χ3v) is 12.9. The van der Waals surface area contributed by atoms with E-state index in [0.717, 1.165) is 50.1 Å². The highest BCUT2D eigenvalue weighted by atomic mass is 32.1. The minimum atomic E-state index is 0.873. The largest absolute Gasteiger partial charge is 0.455 e. The summed E-state index contributed by atoms with van der Waals surface area (Å²) in [6, 6.07) is 72.7. The first-order valence-corrected chi connectivity index (χ1v) is 20.2. The molecule has 0 amide bonds. The van der Waals surface area contributed by atoms with E-state index in [0.29, 0.717) is 0 Å². The van der Waals surface area contributed by atoms with Gasteiger partial charge in [-0.15, -0.1) is 11.3 Å². The molecular weight excluding hydrogens is 711 g/mol. The summed E-state index contributed by atoms with van der Waals surface area (Å²) < 4.78 is 9.53. The van der Waals surface area contributed by atoms with E-state index in [1.165, 1.54) is 63.6 Å². The van der Waals surface area contributed by atoms with E-state index in [-0.39, 0.29) is 0 Å². The number of furan rings is 1. The van der Waals surface area contributed by atoms with Crippen molar-refractivity contribution in [3.8, 4) is 22.3 Å². The lowest BCUT2D eigenvalue weighted by atomic mass is 9.95. The first-order chi connectivity index (χ1) is 28.3. The van der Waals surface area contributed by atoms with E-state index in [4.69, 9.17) is 4.42 Å². The molecule has 12 aromatic rings. The summed E-state index contributed by atoms with van der Waals surface area (Å²) in [5.41, 5.74) is 9.68. The maximum atomic E-state index is 6.89. The van der Waals surface area contributed by atoms with Crippen LogP contribution in [0.15, 0.2) is 205 Å². The Morgan fingerprint density at radius 1 is 0.386 bits per heavy atom. The van der Waals surface area contributed by atoms with Crippen molar-refractivity contribution in [2.24, 2.45) is 0 Å². The number of anilines is 3. The van der Waals surface area contributed by atoms with Crippen molar-refractivity contribution in [2.75, 3.05) is 4.90 Å². The van der Waals surface area contributed by atoms with Crippen LogP contribution in [0, 0.1) is 0 Å². The summed E-state index contributed by atoms with van der Waals surface area (Å²) in [5.74, 6) is 0. The predicted molar refractivity (Wildman–Crippen MR) is 245 cm³/mol. The van der Waals surface area contributed by atoms with Crippen molar-refractivity contribution < 1.29 is 4.42 Å². The molecule has 0 unspecified atom stereocenters. The fourth-order valence-corrected chi connectivity index (χ4v) is 10.2. The maximum absolute atomic E-state index is 6.89. The van der Waals surface area contributed by atoms with E-state index in [1.54, 1.807) is 0 Å². The van der Waals surface area contributed by atoms with Gasteiger partial charge in [0.05, 0.1) is 11.1 Å². The van der Waals surface area contributed by atoms with Crippen LogP contribution in [0.2, 0.25) is 0 Å². The maximum Gasteiger partial charge on any atom is 0.145 e. The molecule has 266 valence electrons. The zero-order chi connectivity index (χ0) is 37.5. The van der Waals surface area contributed by atoms with Crippen molar-refractivity contribution in [1.82, 2.24) is 0 Å². The first-order valence-electron chi connectivity index (χ1n) is 19.4. The first kappa shape index (κ1) is 32.1. The Labute approximate surface area is 333 Å². The van der Waals surface area contributed by atoms with Gasteiger partial charge in [0.2, 0.25) is 0 Å². The van der Waals surface area contributed by atoms with Crippen molar-refractivity contribution >= 4 is 103 Å². The highest BCUT2D eigenvalue weighted by Crippen LogP contribution is 2.48. The standard InChI is InChI=1S/C54H33NOS/c1-3-14-40-34(11-1)13-9-19-43(40)45-31-32-49(52-47-17-5-7-21-50(47)56-53(45)52)55(39-30-27-37-24-23-35-12-2-4-15-41(35)48(37)33-39)38-28-25-36(26-29-38)42-18-10-20-46-44-16-6-8-22-51(44)57-54(42)46/h1-33H. The molecule has 0 radical (unpaired) electrons. The van der Waals surface area contributed by atoms with Crippen LogP contribution < -0.4 is 4.90 Å². The van der Waals surface area contributed by atoms with Gasteiger partial charge in [-0.25, -0.2) is 0 Å². The Hall–Kier alpha value is -7.20. The van der Waals surface area contributed by atoms with E-state index in [9.17, 15) is 0 Å². The van der Waals surface area contributed by atoms with Gasteiger partial charge in [-0.1, -0.05) is 152 Å². The second-order valence-corrected chi connectivity index (χ2v) is 15.9. The Balaban J connectivity index is 1.11. The van der Waals surface area contributed by atoms with Crippen molar-refractivity contribution in [2.45, 2.75) is 0 Å². The number of benzene rings is 10. The van der Waals surface area contributed by atoms with Crippen molar-refractivity contribution in [3.05, 3.63) is 200 Å². The Bertz CT molecular complexity index is 3530. The molecule has 0 saturated carbocycles. The number of thiophene rings is 1. The molecule has 3 heteroatoms. The zero-order valence-corrected chi connectivity index (χ0v) is 31.6. The van der Waals surface area contributed by atoms with Crippen LogP contribution in [-0.4, -0.2) is 0 Å². The van der Waals surface area contributed by atoms with Crippen LogP contribution in [-0.2, 0) is 0 Å². The quantitative estimate of drug-likeness (QED) is 0.163. The van der Waals surface area contributed by atoms with Gasteiger partial charge in [0.25, 0.3) is 0 Å². The number of para-hydroxylation sites is 1. The summed E-state index contributed by atoms with van der Waals surface area (Å²) in [6.45, 7) is 0. The minimum absolute atomic E-state index is 0.873. The highest BCUT2D eigenvalue weighted by molar-refractivity contribution is 7.26. The molecule has 0 aliphatic rings. The fraction of sp³-hybridized carbons (Fsp3) is 0. The van der Waals surface area contributed by atoms with Gasteiger partial charge in [-0.3, -0.25) is 0 Å². The third kappa shape index (κ3) is 5.03. The molecule has 0 aliphatic carbocycles. The minimum Gasteiger partial charge on any atom is -0.455 e. The number of fused-ring (bicyclic) bond motifs is 10. The molecular formula is C54H33NOS. The third-order valence-electron chi connectivity index (χ3n) is 11.7. The molecule has 2 nitrogen and oxygen atoms in total. The van der Waals surface area contributed by atoms with Crippen LogP contribution in [0.25, 0.3) is 96.7 Å². The lowest BCUT2D eigenvalue weighted by Gasteiger charge is -2.27. The summed E-state index contributed by atoms with van der Waals surface area (Å²) in [7, 11) is 0. The molecule has 57 heavy (non-hydrogen) atoms. The van der Waals surface area contributed by atoms with Gasteiger partial charge in [0.1, 0.15) is 11.2 Å². The van der Waals surface area contributed by atoms with Crippen LogP contribution in [0.1, 0.15) is 0 Å². The van der Waals surface area contributed by atoms with E-state index in [2.05, 4.69) is 205 Å². The molecule has 0 saturated heterocycles. The molecule has 0 aliphatic heterocycles. The number of hydrogen-bond donors (Lipinski definition) is 0. The van der Waals surface area contributed by atoms with Crippen molar-refractivity contribution in [3.63, 3.8) is 0 Å². The van der Waals surface area contributed by atoms with E-state index >= 15 is 0 Å². The monoisotopic (exact) mass is 743 g/mol. The predicted octanol–water partition coefficient (Wildman–Crippen LogP) is 16.2. The van der Waals surface area contributed by atoms with Gasteiger partial charge >= 0.3 is 0 Å². The van der Waals surface area contributed by atoms with Crippen LogP contribution in [0.5, 0.6) is 0 Å². The molecule has 0 atom stereocenters. The summed E-state index contributed by atoms with van der Waals surface area (Å²) in [5, 5.41) is 12.1. The van der Waals surface area contributed by atoms with E-state index in [1.807, 2.05) is 11.3 Å². The topological polar surface area (TPSA) is 16.4 Å². The molecule has 2 heterocycles. The number of rotatable bonds is 5. The molecule has 0 N–H and O–H groups in total. The van der Waals surface area contributed by atoms with Crippen LogP contribution in [0.3, 0.4) is 0 Å². The lowest BCUT2D eigenvalue weighted by Crippen LogP contribution is -2.10. The number of nitrogens with zero attached hydrogens (tertiary/aromatic N) is 1. The average Bonchev–Trinajstić information content (AvgIpc) is 3.86. The van der Waals surface area contributed by atoms with Gasteiger partial charge in [0, 0.05) is 42.5 Å². The molecule has 0 spiro atoms. The van der Waals surface area contributed by atoms with E-state index < -0.39 is 0 Å². The fourth-order valence-electron chi connectivity index (χ4n) is 8.99. The SMILES string of the molecule is c1ccc2c(-c3ccc(N(c4ccc(-c5cccc6c5sc5ccccc56)cc4)c4ccc5ccc6ccccc6c5c4)c4c3oc3ccccc34)cccc2c1. The lowest BCUT2D eigenvalue weighted by molar-refractivity contribution is 0.670. The van der Waals surface area contributed by atoms with Gasteiger partial charge < -0.3 is 9.32 Å². The average molecular weight is 744 g/mol. The van der Waals surface area contributed by atoms with Crippen LogP contribution in [0.4, 0.5) is 17.1 Å².